The second-order valence-electron chi connectivity index (χ2n) is 15.0. The van der Waals surface area contributed by atoms with Gasteiger partial charge in [0.15, 0.2) is 0 Å². The van der Waals surface area contributed by atoms with Gasteiger partial charge in [-0.1, -0.05) is 37.9 Å². The second kappa shape index (κ2) is 15.3. The Balaban J connectivity index is 1.32. The first-order valence-electron chi connectivity index (χ1n) is 17.8. The molecule has 258 valence electrons. The van der Waals surface area contributed by atoms with Crippen LogP contribution in [0.5, 0.6) is 5.75 Å². The third-order valence-electron chi connectivity index (χ3n) is 11.8. The van der Waals surface area contributed by atoms with E-state index in [1.807, 2.05) is 37.2 Å². The van der Waals surface area contributed by atoms with Crippen LogP contribution < -0.4 is 14.4 Å². The van der Waals surface area contributed by atoms with E-state index in [1.54, 1.807) is 11.9 Å². The second-order valence-corrected chi connectivity index (χ2v) is 16.7. The van der Waals surface area contributed by atoms with Gasteiger partial charge in [-0.05, 0) is 136 Å². The molecule has 47 heavy (non-hydrogen) atoms. The number of halogens is 1. The van der Waals surface area contributed by atoms with E-state index in [1.165, 1.54) is 24.0 Å². The Labute approximate surface area is 291 Å². The number of nitrogens with zero attached hydrogens (tertiary/aromatic N) is 2. The zero-order chi connectivity index (χ0) is 33.1. The highest BCUT2D eigenvalue weighted by Crippen LogP contribution is 2.48. The lowest BCUT2D eigenvalue weighted by molar-refractivity contribution is -0.00621. The van der Waals surface area contributed by atoms with Crippen LogP contribution in [0, 0.1) is 23.7 Å². The predicted octanol–water partition coefficient (Wildman–Crippen LogP) is 6.98. The summed E-state index contributed by atoms with van der Waals surface area (Å²) in [4.78, 5) is 18.1. The van der Waals surface area contributed by atoms with E-state index in [-0.39, 0.29) is 24.0 Å². The summed E-state index contributed by atoms with van der Waals surface area (Å²) in [5, 5.41) is 11.0. The number of anilines is 1. The number of carbonyl (C=O) groups excluding carboxylic acids is 1. The highest BCUT2D eigenvalue weighted by Gasteiger charge is 2.44. The molecule has 2 N–H and O–H groups in total. The van der Waals surface area contributed by atoms with Crippen LogP contribution in [0.25, 0.3) is 0 Å². The third-order valence-corrected chi connectivity index (χ3v) is 13.2. The van der Waals surface area contributed by atoms with E-state index in [0.29, 0.717) is 47.7 Å². The van der Waals surface area contributed by atoms with Gasteiger partial charge < -0.3 is 24.4 Å². The number of ether oxygens (including phenoxy) is 2. The fourth-order valence-electron chi connectivity index (χ4n) is 8.38. The van der Waals surface area contributed by atoms with Gasteiger partial charge in [0.1, 0.15) is 5.75 Å². The number of likely N-dealkylation sites (N-methyl/N-ethyl adjacent to an activating group) is 1. The molecular weight excluding hydrogens is 630 g/mol. The maximum Gasteiger partial charge on any atom is 0.261 e. The molecule has 2 heterocycles. The van der Waals surface area contributed by atoms with Gasteiger partial charge in [-0.15, -0.1) is 0 Å². The summed E-state index contributed by atoms with van der Waals surface area (Å²) >= 11 is 8.03. The van der Waals surface area contributed by atoms with Crippen LogP contribution >= 0.6 is 23.5 Å². The van der Waals surface area contributed by atoms with E-state index in [0.717, 1.165) is 74.7 Å². The van der Waals surface area contributed by atoms with Crippen LogP contribution in [0.3, 0.4) is 0 Å². The maximum atomic E-state index is 13.5. The number of aryl methyl sites for hydroxylation is 1. The summed E-state index contributed by atoms with van der Waals surface area (Å²) in [5.41, 5.74) is 4.27. The zero-order valence-corrected chi connectivity index (χ0v) is 30.3. The molecule has 0 aromatic heterocycles. The summed E-state index contributed by atoms with van der Waals surface area (Å²) in [6, 6.07) is 12.4. The molecule has 0 saturated heterocycles. The standard InChI is InChI=1S/C38H54ClN3O4S/c1-25-7-5-8-30(21-45-22-32(20-43)41(3)4)33-13-10-29(33)19-42-23-38(16-6-9-27-17-31(39)12-14-34(27)38)24-46-36-15-11-28(18-35(36)42)37(44)40-47-26(25)2/h11-12,14-15,17-18,25-26,29-30,32-33,43H,5-10,13,16,19-24H2,1-4H3,(H,40,44)/t25?,26?,29?,30?,32?,33?,38-/m0/s1. The van der Waals surface area contributed by atoms with Gasteiger partial charge in [0.25, 0.3) is 5.91 Å². The molecule has 2 aromatic rings. The lowest BCUT2D eigenvalue weighted by Gasteiger charge is -2.47. The molecule has 2 bridgehead atoms. The van der Waals surface area contributed by atoms with E-state index >= 15 is 0 Å². The molecule has 1 amide bonds. The first kappa shape index (κ1) is 34.9. The average molecular weight is 684 g/mol. The number of amides is 1. The van der Waals surface area contributed by atoms with E-state index in [2.05, 4.69) is 41.7 Å². The molecule has 0 radical (unpaired) electrons. The first-order valence-corrected chi connectivity index (χ1v) is 19.0. The molecular formula is C38H54ClN3O4S. The monoisotopic (exact) mass is 683 g/mol. The Bertz CT molecular complexity index is 1390. The molecule has 2 aromatic carbocycles. The molecule has 9 heteroatoms. The van der Waals surface area contributed by atoms with Crippen molar-refractivity contribution in [3.63, 3.8) is 0 Å². The number of fused-ring (bicyclic) bond motifs is 4. The molecule has 7 atom stereocenters. The SMILES string of the molecule is CC1CCCC(COCC(CO)N(C)C)C2CCC2CN2C[C@@]3(CCCc4cc(Cl)ccc43)COc3ccc(cc32)C(=O)NSC1C. The predicted molar refractivity (Wildman–Crippen MR) is 193 cm³/mol. The minimum atomic E-state index is -0.144. The Morgan fingerprint density at radius 3 is 2.77 bits per heavy atom. The number of nitrogens with one attached hydrogen (secondary N) is 1. The number of aliphatic hydroxyl groups excluding tert-OH is 1. The summed E-state index contributed by atoms with van der Waals surface area (Å²) in [7, 11) is 4.00. The number of benzene rings is 2. The fourth-order valence-corrected chi connectivity index (χ4v) is 9.35. The Hall–Kier alpha value is -1.97. The third kappa shape index (κ3) is 7.77. The minimum Gasteiger partial charge on any atom is -0.490 e. The fraction of sp³-hybridized carbons (Fsp3) is 0.658. The van der Waals surface area contributed by atoms with E-state index in [4.69, 9.17) is 21.1 Å². The van der Waals surface area contributed by atoms with Gasteiger partial charge in [-0.3, -0.25) is 9.52 Å². The number of hydrogen-bond donors (Lipinski definition) is 2. The van der Waals surface area contributed by atoms with Gasteiger partial charge in [0.2, 0.25) is 0 Å². The van der Waals surface area contributed by atoms with Crippen LogP contribution in [0.2, 0.25) is 5.02 Å². The molecule has 6 rings (SSSR count). The molecule has 4 aliphatic rings. The van der Waals surface area contributed by atoms with Crippen molar-refractivity contribution in [2.24, 2.45) is 23.7 Å². The molecule has 2 aliphatic heterocycles. The van der Waals surface area contributed by atoms with Gasteiger partial charge in [-0.25, -0.2) is 0 Å². The smallest absolute Gasteiger partial charge is 0.261 e. The van der Waals surface area contributed by atoms with Crippen molar-refractivity contribution in [2.45, 2.75) is 81.9 Å². The van der Waals surface area contributed by atoms with Crippen LogP contribution in [0.4, 0.5) is 5.69 Å². The van der Waals surface area contributed by atoms with Crippen molar-refractivity contribution in [1.82, 2.24) is 9.62 Å². The maximum absolute atomic E-state index is 13.5. The van der Waals surface area contributed by atoms with Crippen molar-refractivity contribution in [3.05, 3.63) is 58.1 Å². The molecule has 2 aliphatic carbocycles. The average Bonchev–Trinajstić information content (AvgIpc) is 3.19. The van der Waals surface area contributed by atoms with Crippen molar-refractivity contribution < 1.29 is 19.4 Å². The van der Waals surface area contributed by atoms with E-state index in [9.17, 15) is 9.90 Å². The summed E-state index contributed by atoms with van der Waals surface area (Å²) in [5.74, 6) is 2.92. The Kier molecular flexibility index (Phi) is 11.3. The van der Waals surface area contributed by atoms with Crippen LogP contribution in [-0.4, -0.2) is 80.8 Å². The first-order chi connectivity index (χ1) is 22.7. The lowest BCUT2D eigenvalue weighted by atomic mass is 9.65. The number of aliphatic hydroxyl groups is 1. The molecule has 6 unspecified atom stereocenters. The highest BCUT2D eigenvalue weighted by molar-refractivity contribution is 7.98. The Morgan fingerprint density at radius 1 is 1.15 bits per heavy atom. The van der Waals surface area contributed by atoms with Crippen LogP contribution in [0.1, 0.15) is 80.3 Å². The zero-order valence-electron chi connectivity index (χ0n) is 28.7. The summed E-state index contributed by atoms with van der Waals surface area (Å²) in [6.07, 6.45) is 9.06. The normalized spacial score (nSPS) is 30.4. The van der Waals surface area contributed by atoms with Crippen molar-refractivity contribution in [1.29, 1.82) is 0 Å². The molecule has 1 fully saturated rings. The topological polar surface area (TPSA) is 74.3 Å². The van der Waals surface area contributed by atoms with Gasteiger partial charge >= 0.3 is 0 Å². The quantitative estimate of drug-likeness (QED) is 0.318. The van der Waals surface area contributed by atoms with Crippen molar-refractivity contribution in [3.8, 4) is 5.75 Å². The molecule has 1 saturated carbocycles. The van der Waals surface area contributed by atoms with Crippen LogP contribution in [0.15, 0.2) is 36.4 Å². The summed E-state index contributed by atoms with van der Waals surface area (Å²) in [6.45, 7) is 8.32. The lowest BCUT2D eigenvalue weighted by Crippen LogP contribution is -2.49. The molecule has 1 spiro atoms. The van der Waals surface area contributed by atoms with Gasteiger partial charge in [-0.2, -0.15) is 0 Å². The van der Waals surface area contributed by atoms with Crippen LogP contribution in [-0.2, 0) is 16.6 Å². The van der Waals surface area contributed by atoms with Gasteiger partial charge in [0, 0.05) is 40.9 Å². The minimum absolute atomic E-state index is 0.0127. The van der Waals surface area contributed by atoms with Crippen molar-refractivity contribution in [2.75, 3.05) is 58.5 Å². The number of rotatable bonds is 6. The summed E-state index contributed by atoms with van der Waals surface area (Å²) < 4.78 is 16.3. The largest absolute Gasteiger partial charge is 0.490 e. The van der Waals surface area contributed by atoms with E-state index < -0.39 is 0 Å². The van der Waals surface area contributed by atoms with Crippen molar-refractivity contribution >= 4 is 35.1 Å². The number of carbonyl (C=O) groups is 1. The van der Waals surface area contributed by atoms with Gasteiger partial charge in [0.05, 0.1) is 31.5 Å². The highest BCUT2D eigenvalue weighted by atomic mass is 35.5. The molecule has 7 nitrogen and oxygen atoms in total. The Morgan fingerprint density at radius 2 is 2.00 bits per heavy atom. The number of hydrogen-bond acceptors (Lipinski definition) is 7.